The van der Waals surface area contributed by atoms with Crippen LogP contribution in [0.4, 0.5) is 0 Å². The number of rotatable bonds is 3. The Kier molecular flexibility index (Phi) is 4.76. The van der Waals surface area contributed by atoms with Gasteiger partial charge in [-0.15, -0.1) is 0 Å². The van der Waals surface area contributed by atoms with Crippen molar-refractivity contribution < 1.29 is 4.79 Å². The molecule has 0 aliphatic carbocycles. The van der Waals surface area contributed by atoms with E-state index in [0.29, 0.717) is 6.04 Å². The van der Waals surface area contributed by atoms with E-state index < -0.39 is 0 Å². The normalized spacial score (nSPS) is 23.3. The van der Waals surface area contributed by atoms with Crippen LogP contribution in [0, 0.1) is 0 Å². The lowest BCUT2D eigenvalue weighted by Crippen LogP contribution is -2.55. The lowest BCUT2D eigenvalue weighted by molar-refractivity contribution is 0.0536. The fraction of sp³-hybridized carbons (Fsp3) is 0.533. The van der Waals surface area contributed by atoms with Crippen LogP contribution in [-0.4, -0.2) is 54.3 Å². The van der Waals surface area contributed by atoms with Crippen LogP contribution in [0.3, 0.4) is 0 Å². The van der Waals surface area contributed by atoms with Crippen LogP contribution < -0.4 is 0 Å². The summed E-state index contributed by atoms with van der Waals surface area (Å²) in [7, 11) is 2.13. The van der Waals surface area contributed by atoms with E-state index >= 15 is 0 Å². The number of likely N-dealkylation sites (N-methyl/N-ethyl adjacent to an activating group) is 1. The molecule has 104 valence electrons. The van der Waals surface area contributed by atoms with E-state index in [4.69, 9.17) is 0 Å². The van der Waals surface area contributed by atoms with Crippen LogP contribution in [0.25, 0.3) is 0 Å². The Morgan fingerprint density at radius 1 is 1.32 bits per heavy atom. The number of carbonyl (C=O) groups excluding carboxylic acids is 1. The molecule has 0 aromatic heterocycles. The van der Waals surface area contributed by atoms with Crippen LogP contribution in [0.1, 0.15) is 24.2 Å². The van der Waals surface area contributed by atoms with Gasteiger partial charge in [0.25, 0.3) is 0 Å². The van der Waals surface area contributed by atoms with Gasteiger partial charge < -0.3 is 4.90 Å². The number of benzene rings is 1. The Morgan fingerprint density at radius 2 is 1.95 bits per heavy atom. The number of piperazine rings is 1. The molecule has 0 bridgehead atoms. The molecule has 0 N–H and O–H groups in total. The first-order chi connectivity index (χ1) is 8.99. The maximum atomic E-state index is 12.5. The summed E-state index contributed by atoms with van der Waals surface area (Å²) < 4.78 is 1.00. The molecule has 1 saturated heterocycles. The number of nitrogens with zero attached hydrogens (tertiary/aromatic N) is 2. The molecule has 4 heteroatoms. The monoisotopic (exact) mass is 324 g/mol. The molecule has 1 aromatic carbocycles. The summed E-state index contributed by atoms with van der Waals surface area (Å²) in [6.45, 7) is 7.23. The Balaban J connectivity index is 2.08. The van der Waals surface area contributed by atoms with Gasteiger partial charge in [0, 0.05) is 35.7 Å². The van der Waals surface area contributed by atoms with E-state index in [1.165, 1.54) is 0 Å². The molecule has 1 aromatic rings. The quantitative estimate of drug-likeness (QED) is 0.799. The molecule has 0 amide bonds. The fourth-order valence-electron chi connectivity index (χ4n) is 2.74. The standard InChI is InChI=1S/C15H21BrN2O/c1-11-10-17(3)8-9-18(11)12(2)15(19)13-4-6-14(16)7-5-13/h4-7,11-12H,8-10H2,1-3H3. The van der Waals surface area contributed by atoms with Gasteiger partial charge >= 0.3 is 0 Å². The van der Waals surface area contributed by atoms with Crippen molar-refractivity contribution in [1.82, 2.24) is 9.80 Å². The summed E-state index contributed by atoms with van der Waals surface area (Å²) >= 11 is 3.40. The van der Waals surface area contributed by atoms with Crippen LogP contribution in [-0.2, 0) is 0 Å². The van der Waals surface area contributed by atoms with Gasteiger partial charge in [-0.05, 0) is 33.0 Å². The molecule has 0 radical (unpaired) electrons. The molecule has 1 aliphatic rings. The number of carbonyl (C=O) groups is 1. The molecule has 3 nitrogen and oxygen atoms in total. The van der Waals surface area contributed by atoms with Gasteiger partial charge in [0.15, 0.2) is 5.78 Å². The maximum absolute atomic E-state index is 12.5. The lowest BCUT2D eigenvalue weighted by Gasteiger charge is -2.41. The maximum Gasteiger partial charge on any atom is 0.179 e. The molecule has 1 fully saturated rings. The van der Waals surface area contributed by atoms with Crippen LogP contribution in [0.15, 0.2) is 28.7 Å². The Morgan fingerprint density at radius 3 is 2.53 bits per heavy atom. The van der Waals surface area contributed by atoms with E-state index in [2.05, 4.69) is 39.7 Å². The Bertz CT molecular complexity index is 446. The molecule has 1 heterocycles. The number of ketones is 1. The minimum Gasteiger partial charge on any atom is -0.304 e. The second-order valence-corrected chi connectivity index (χ2v) is 6.31. The van der Waals surface area contributed by atoms with Gasteiger partial charge in [-0.1, -0.05) is 28.1 Å². The molecule has 0 spiro atoms. The first-order valence-corrected chi connectivity index (χ1v) is 7.52. The molecule has 19 heavy (non-hydrogen) atoms. The van der Waals surface area contributed by atoms with Crippen molar-refractivity contribution >= 4 is 21.7 Å². The Hall–Kier alpha value is -0.710. The molecule has 0 saturated carbocycles. The van der Waals surface area contributed by atoms with E-state index in [1.807, 2.05) is 31.2 Å². The molecular formula is C15H21BrN2O. The average Bonchev–Trinajstić information content (AvgIpc) is 2.38. The number of hydrogen-bond acceptors (Lipinski definition) is 3. The molecule has 1 aliphatic heterocycles. The minimum atomic E-state index is -0.0510. The van der Waals surface area contributed by atoms with Gasteiger partial charge in [0.05, 0.1) is 6.04 Å². The van der Waals surface area contributed by atoms with Crippen molar-refractivity contribution in [2.24, 2.45) is 0 Å². The largest absolute Gasteiger partial charge is 0.304 e. The van der Waals surface area contributed by atoms with Gasteiger partial charge in [-0.25, -0.2) is 0 Å². The second-order valence-electron chi connectivity index (χ2n) is 5.40. The molecule has 2 atom stereocenters. The highest BCUT2D eigenvalue weighted by Crippen LogP contribution is 2.17. The fourth-order valence-corrected chi connectivity index (χ4v) is 3.00. The number of halogens is 1. The van der Waals surface area contributed by atoms with Crippen LogP contribution >= 0.6 is 15.9 Å². The van der Waals surface area contributed by atoms with E-state index in [1.54, 1.807) is 0 Å². The third-order valence-electron chi connectivity index (χ3n) is 3.89. The zero-order valence-corrected chi connectivity index (χ0v) is 13.4. The highest BCUT2D eigenvalue weighted by atomic mass is 79.9. The summed E-state index contributed by atoms with van der Waals surface area (Å²) in [4.78, 5) is 17.1. The summed E-state index contributed by atoms with van der Waals surface area (Å²) in [6.07, 6.45) is 0. The van der Waals surface area contributed by atoms with Crippen LogP contribution in [0.5, 0.6) is 0 Å². The summed E-state index contributed by atoms with van der Waals surface area (Å²) in [5, 5.41) is 0. The molecule has 2 unspecified atom stereocenters. The van der Waals surface area contributed by atoms with Gasteiger partial charge in [0.2, 0.25) is 0 Å². The first kappa shape index (κ1) is 14.7. The van der Waals surface area contributed by atoms with E-state index in [0.717, 1.165) is 29.7 Å². The lowest BCUT2D eigenvalue weighted by atomic mass is 10.0. The molecule has 2 rings (SSSR count). The smallest absolute Gasteiger partial charge is 0.179 e. The van der Waals surface area contributed by atoms with E-state index in [9.17, 15) is 4.79 Å². The number of Topliss-reactive ketones (excluding diaryl/α,β-unsaturated/α-hetero) is 1. The number of hydrogen-bond donors (Lipinski definition) is 0. The minimum absolute atomic E-state index is 0.0510. The van der Waals surface area contributed by atoms with Gasteiger partial charge in [0.1, 0.15) is 0 Å². The van der Waals surface area contributed by atoms with Crippen LogP contribution in [0.2, 0.25) is 0 Å². The topological polar surface area (TPSA) is 23.6 Å². The predicted octanol–water partition coefficient (Wildman–Crippen LogP) is 2.66. The zero-order chi connectivity index (χ0) is 14.0. The van der Waals surface area contributed by atoms with Crippen molar-refractivity contribution in [3.63, 3.8) is 0 Å². The molecular weight excluding hydrogens is 304 g/mol. The first-order valence-electron chi connectivity index (χ1n) is 6.73. The van der Waals surface area contributed by atoms with Crippen molar-refractivity contribution in [1.29, 1.82) is 0 Å². The zero-order valence-electron chi connectivity index (χ0n) is 11.8. The SMILES string of the molecule is CC1CN(C)CCN1C(C)C(=O)c1ccc(Br)cc1. The van der Waals surface area contributed by atoms with Crippen molar-refractivity contribution in [2.75, 3.05) is 26.7 Å². The third kappa shape index (κ3) is 3.44. The predicted molar refractivity (Wildman–Crippen MR) is 81.6 cm³/mol. The highest BCUT2D eigenvalue weighted by Gasteiger charge is 2.29. The van der Waals surface area contributed by atoms with Gasteiger partial charge in [-0.2, -0.15) is 0 Å². The highest BCUT2D eigenvalue weighted by molar-refractivity contribution is 9.10. The summed E-state index contributed by atoms with van der Waals surface area (Å²) in [5.74, 6) is 0.212. The average molecular weight is 325 g/mol. The van der Waals surface area contributed by atoms with Gasteiger partial charge in [-0.3, -0.25) is 9.69 Å². The van der Waals surface area contributed by atoms with Crippen molar-refractivity contribution in [2.45, 2.75) is 25.9 Å². The Labute approximate surface area is 123 Å². The summed E-state index contributed by atoms with van der Waals surface area (Å²) in [6, 6.07) is 8.01. The van der Waals surface area contributed by atoms with Crippen molar-refractivity contribution in [3.05, 3.63) is 34.3 Å². The summed E-state index contributed by atoms with van der Waals surface area (Å²) in [5.41, 5.74) is 0.793. The van der Waals surface area contributed by atoms with Crippen molar-refractivity contribution in [3.8, 4) is 0 Å². The second kappa shape index (κ2) is 6.16. The van der Waals surface area contributed by atoms with E-state index in [-0.39, 0.29) is 11.8 Å². The third-order valence-corrected chi connectivity index (χ3v) is 4.42.